The van der Waals surface area contributed by atoms with Gasteiger partial charge in [-0.25, -0.2) is 0 Å². The molecule has 1 aliphatic carbocycles. The summed E-state index contributed by atoms with van der Waals surface area (Å²) < 4.78 is 0. The first-order chi connectivity index (χ1) is 9.11. The fourth-order valence-electron chi connectivity index (χ4n) is 2.92. The van der Waals surface area contributed by atoms with Gasteiger partial charge in [-0.3, -0.25) is 9.59 Å². The Labute approximate surface area is 116 Å². The SMILES string of the molecule is O=C(CC1(C(=O)O)CCC1)N1CCc2ccsc2C1. The smallest absolute Gasteiger partial charge is 0.310 e. The molecule has 0 atom stereocenters. The van der Waals surface area contributed by atoms with Crippen LogP contribution in [0.1, 0.15) is 36.1 Å². The van der Waals surface area contributed by atoms with E-state index in [-0.39, 0.29) is 12.3 Å². The van der Waals surface area contributed by atoms with Crippen LogP contribution >= 0.6 is 11.3 Å². The summed E-state index contributed by atoms with van der Waals surface area (Å²) in [5.74, 6) is -0.804. The zero-order valence-corrected chi connectivity index (χ0v) is 11.5. The number of carbonyl (C=O) groups is 2. The molecule has 0 saturated heterocycles. The molecular weight excluding hydrogens is 262 g/mol. The number of hydrogen-bond acceptors (Lipinski definition) is 3. The second-order valence-corrected chi connectivity index (χ2v) is 6.55. The maximum atomic E-state index is 12.3. The first-order valence-electron chi connectivity index (χ1n) is 6.67. The zero-order chi connectivity index (χ0) is 13.5. The Morgan fingerprint density at radius 3 is 2.84 bits per heavy atom. The average molecular weight is 279 g/mol. The van der Waals surface area contributed by atoms with E-state index >= 15 is 0 Å². The second kappa shape index (κ2) is 4.63. The number of rotatable bonds is 3. The Bertz CT molecular complexity index is 519. The van der Waals surface area contributed by atoms with Crippen molar-refractivity contribution >= 4 is 23.2 Å². The van der Waals surface area contributed by atoms with Gasteiger partial charge in [0.25, 0.3) is 0 Å². The van der Waals surface area contributed by atoms with E-state index in [1.165, 1.54) is 10.4 Å². The van der Waals surface area contributed by atoms with Crippen LogP contribution in [0.4, 0.5) is 0 Å². The van der Waals surface area contributed by atoms with Gasteiger partial charge in [-0.05, 0) is 36.3 Å². The van der Waals surface area contributed by atoms with Gasteiger partial charge < -0.3 is 10.0 Å². The Morgan fingerprint density at radius 2 is 2.21 bits per heavy atom. The van der Waals surface area contributed by atoms with Crippen molar-refractivity contribution in [3.8, 4) is 0 Å². The second-order valence-electron chi connectivity index (χ2n) is 5.55. The van der Waals surface area contributed by atoms with Gasteiger partial charge in [0.2, 0.25) is 5.91 Å². The molecule has 4 nitrogen and oxygen atoms in total. The van der Waals surface area contributed by atoms with Gasteiger partial charge in [0.1, 0.15) is 0 Å². The third kappa shape index (κ3) is 2.16. The van der Waals surface area contributed by atoms with E-state index in [0.717, 1.165) is 19.4 Å². The first kappa shape index (κ1) is 12.7. The fourth-order valence-corrected chi connectivity index (χ4v) is 3.87. The van der Waals surface area contributed by atoms with Crippen LogP contribution in [0.5, 0.6) is 0 Å². The van der Waals surface area contributed by atoms with E-state index in [1.54, 1.807) is 11.3 Å². The first-order valence-corrected chi connectivity index (χ1v) is 7.55. The number of nitrogens with zero attached hydrogens (tertiary/aromatic N) is 1. The van der Waals surface area contributed by atoms with Crippen molar-refractivity contribution in [3.63, 3.8) is 0 Å². The van der Waals surface area contributed by atoms with Crippen LogP contribution in [-0.4, -0.2) is 28.4 Å². The van der Waals surface area contributed by atoms with Crippen molar-refractivity contribution in [1.29, 1.82) is 0 Å². The highest BCUT2D eigenvalue weighted by Gasteiger charge is 2.46. The van der Waals surface area contributed by atoms with E-state index in [1.807, 2.05) is 4.90 Å². The number of amides is 1. The summed E-state index contributed by atoms with van der Waals surface area (Å²) >= 11 is 1.68. The van der Waals surface area contributed by atoms with Crippen LogP contribution in [0.3, 0.4) is 0 Å². The third-order valence-electron chi connectivity index (χ3n) is 4.43. The van der Waals surface area contributed by atoms with E-state index < -0.39 is 11.4 Å². The fraction of sp³-hybridized carbons (Fsp3) is 0.571. The summed E-state index contributed by atoms with van der Waals surface area (Å²) in [5, 5.41) is 11.3. The molecule has 0 unspecified atom stereocenters. The standard InChI is InChI=1S/C14H17NO3S/c16-12(8-14(13(17)18)4-1-5-14)15-6-2-10-3-7-19-11(10)9-15/h3,7H,1-2,4-6,8-9H2,(H,17,18). The molecule has 1 saturated carbocycles. The molecule has 0 radical (unpaired) electrons. The number of fused-ring (bicyclic) bond motifs is 1. The molecule has 2 heterocycles. The molecule has 1 amide bonds. The Kier molecular flexibility index (Phi) is 3.09. The quantitative estimate of drug-likeness (QED) is 0.923. The summed E-state index contributed by atoms with van der Waals surface area (Å²) in [6.07, 6.45) is 3.28. The highest BCUT2D eigenvalue weighted by molar-refractivity contribution is 7.10. The minimum atomic E-state index is -0.805. The van der Waals surface area contributed by atoms with E-state index in [2.05, 4.69) is 11.4 Å². The van der Waals surface area contributed by atoms with Gasteiger partial charge in [-0.15, -0.1) is 11.3 Å². The number of aliphatic carboxylic acids is 1. The summed E-state index contributed by atoms with van der Waals surface area (Å²) in [4.78, 5) is 26.7. The Hall–Kier alpha value is -1.36. The molecule has 19 heavy (non-hydrogen) atoms. The number of carboxylic acids is 1. The predicted octanol–water partition coefficient (Wildman–Crippen LogP) is 2.28. The van der Waals surface area contributed by atoms with E-state index in [4.69, 9.17) is 0 Å². The van der Waals surface area contributed by atoms with Crippen molar-refractivity contribution in [2.45, 2.75) is 38.6 Å². The lowest BCUT2D eigenvalue weighted by Gasteiger charge is -2.39. The minimum absolute atomic E-state index is 0.00106. The van der Waals surface area contributed by atoms with Gasteiger partial charge in [-0.2, -0.15) is 0 Å². The molecule has 1 aromatic rings. The van der Waals surface area contributed by atoms with Crippen LogP contribution in [-0.2, 0) is 22.6 Å². The van der Waals surface area contributed by atoms with Gasteiger partial charge in [0.15, 0.2) is 0 Å². The zero-order valence-electron chi connectivity index (χ0n) is 10.7. The third-order valence-corrected chi connectivity index (χ3v) is 5.38. The number of thiophene rings is 1. The molecule has 2 aliphatic rings. The van der Waals surface area contributed by atoms with Gasteiger partial charge in [-0.1, -0.05) is 6.42 Å². The van der Waals surface area contributed by atoms with Gasteiger partial charge >= 0.3 is 5.97 Å². The number of carboxylic acid groups (broad SMARTS) is 1. The molecule has 0 spiro atoms. The molecule has 0 aromatic carbocycles. The van der Waals surface area contributed by atoms with Gasteiger partial charge in [0, 0.05) is 17.8 Å². The Balaban J connectivity index is 1.67. The maximum absolute atomic E-state index is 12.3. The largest absolute Gasteiger partial charge is 0.481 e. The lowest BCUT2D eigenvalue weighted by Crippen LogP contribution is -2.44. The molecule has 1 fully saturated rings. The van der Waals surface area contributed by atoms with Gasteiger partial charge in [0.05, 0.1) is 12.0 Å². The average Bonchev–Trinajstić information content (AvgIpc) is 2.79. The lowest BCUT2D eigenvalue weighted by molar-refractivity contribution is -0.159. The molecule has 3 rings (SSSR count). The van der Waals surface area contributed by atoms with E-state index in [9.17, 15) is 14.7 Å². The highest BCUT2D eigenvalue weighted by atomic mass is 32.1. The van der Waals surface area contributed by atoms with Crippen LogP contribution in [0.2, 0.25) is 0 Å². The maximum Gasteiger partial charge on any atom is 0.310 e. The van der Waals surface area contributed by atoms with Crippen LogP contribution in [0, 0.1) is 5.41 Å². The lowest BCUT2D eigenvalue weighted by atomic mass is 9.66. The normalized spacial score (nSPS) is 20.5. The summed E-state index contributed by atoms with van der Waals surface area (Å²) in [7, 11) is 0. The summed E-state index contributed by atoms with van der Waals surface area (Å²) in [6, 6.07) is 2.12. The number of hydrogen-bond donors (Lipinski definition) is 1. The molecule has 1 aromatic heterocycles. The van der Waals surface area contributed by atoms with Crippen molar-refractivity contribution in [3.05, 3.63) is 21.9 Å². The van der Waals surface area contributed by atoms with Crippen LogP contribution in [0.15, 0.2) is 11.4 Å². The van der Waals surface area contributed by atoms with E-state index in [0.29, 0.717) is 19.4 Å². The van der Waals surface area contributed by atoms with Crippen molar-refractivity contribution < 1.29 is 14.7 Å². The number of carbonyl (C=O) groups excluding carboxylic acids is 1. The molecule has 1 N–H and O–H groups in total. The molecule has 5 heteroatoms. The molecule has 0 bridgehead atoms. The minimum Gasteiger partial charge on any atom is -0.481 e. The topological polar surface area (TPSA) is 57.6 Å². The summed E-state index contributed by atoms with van der Waals surface area (Å²) in [5.41, 5.74) is 0.568. The van der Waals surface area contributed by atoms with Crippen LogP contribution < -0.4 is 0 Å². The van der Waals surface area contributed by atoms with Crippen molar-refractivity contribution in [2.75, 3.05) is 6.54 Å². The predicted molar refractivity (Wildman–Crippen MR) is 72.0 cm³/mol. The van der Waals surface area contributed by atoms with Crippen molar-refractivity contribution in [1.82, 2.24) is 4.90 Å². The molecular formula is C14H17NO3S. The van der Waals surface area contributed by atoms with Crippen molar-refractivity contribution in [2.24, 2.45) is 5.41 Å². The summed E-state index contributed by atoms with van der Waals surface area (Å²) in [6.45, 7) is 1.37. The Morgan fingerprint density at radius 1 is 1.42 bits per heavy atom. The highest BCUT2D eigenvalue weighted by Crippen LogP contribution is 2.44. The van der Waals surface area contributed by atoms with Crippen LogP contribution in [0.25, 0.3) is 0 Å². The monoisotopic (exact) mass is 279 g/mol. The molecule has 102 valence electrons. The molecule has 1 aliphatic heterocycles.